The number of benzene rings is 2. The summed E-state index contributed by atoms with van der Waals surface area (Å²) in [5, 5.41) is 6.18. The Morgan fingerprint density at radius 2 is 1.85 bits per heavy atom. The monoisotopic (exact) mass is 372 g/mol. The highest BCUT2D eigenvalue weighted by atomic mass is 35.5. The number of carbonyl (C=O) groups is 2. The molecule has 0 heterocycles. The molecule has 0 aliphatic heterocycles. The number of ether oxygens (including phenoxy) is 1. The summed E-state index contributed by atoms with van der Waals surface area (Å²) in [5.41, 5.74) is 1.73. The fourth-order valence-corrected chi connectivity index (χ4v) is 2.35. The molecule has 2 rings (SSSR count). The van der Waals surface area contributed by atoms with Gasteiger partial charge in [-0.3, -0.25) is 9.59 Å². The number of hydrogen-bond acceptors (Lipinski definition) is 3. The number of rotatable bonds is 8. The molecule has 26 heavy (non-hydrogen) atoms. The Morgan fingerprint density at radius 3 is 2.58 bits per heavy atom. The van der Waals surface area contributed by atoms with E-state index in [4.69, 9.17) is 16.3 Å². The molecule has 2 N–H and O–H groups in total. The lowest BCUT2D eigenvalue weighted by molar-refractivity contribution is -0.111. The van der Waals surface area contributed by atoms with Crippen LogP contribution in [0.5, 0.6) is 0 Å². The molecule has 136 valence electrons. The van der Waals surface area contributed by atoms with Gasteiger partial charge in [0.05, 0.1) is 11.3 Å². The molecular formula is C20H21ClN2O3. The van der Waals surface area contributed by atoms with Crippen LogP contribution in [0.25, 0.3) is 6.08 Å². The van der Waals surface area contributed by atoms with Gasteiger partial charge in [-0.15, -0.1) is 0 Å². The molecule has 2 amide bonds. The van der Waals surface area contributed by atoms with Gasteiger partial charge < -0.3 is 15.4 Å². The third kappa shape index (κ3) is 6.35. The van der Waals surface area contributed by atoms with Crippen molar-refractivity contribution < 1.29 is 14.3 Å². The molecule has 0 atom stereocenters. The lowest BCUT2D eigenvalue weighted by Gasteiger charge is -2.10. The van der Waals surface area contributed by atoms with E-state index in [2.05, 4.69) is 10.6 Å². The highest BCUT2D eigenvalue weighted by Gasteiger charge is 2.11. The van der Waals surface area contributed by atoms with E-state index >= 15 is 0 Å². The smallest absolute Gasteiger partial charge is 0.253 e. The summed E-state index contributed by atoms with van der Waals surface area (Å²) in [6, 6.07) is 14.0. The van der Waals surface area contributed by atoms with E-state index in [1.165, 1.54) is 6.08 Å². The maximum atomic E-state index is 12.3. The highest BCUT2D eigenvalue weighted by molar-refractivity contribution is 6.30. The minimum Gasteiger partial charge on any atom is -0.385 e. The Kier molecular flexibility index (Phi) is 7.86. The summed E-state index contributed by atoms with van der Waals surface area (Å²) < 4.78 is 4.95. The zero-order valence-corrected chi connectivity index (χ0v) is 15.3. The predicted molar refractivity (Wildman–Crippen MR) is 104 cm³/mol. The summed E-state index contributed by atoms with van der Waals surface area (Å²) in [5.74, 6) is -0.557. The topological polar surface area (TPSA) is 67.4 Å². The van der Waals surface area contributed by atoms with Crippen LogP contribution in [0.15, 0.2) is 54.6 Å². The van der Waals surface area contributed by atoms with Crippen molar-refractivity contribution in [3.63, 3.8) is 0 Å². The zero-order valence-electron chi connectivity index (χ0n) is 14.5. The molecule has 0 saturated carbocycles. The maximum absolute atomic E-state index is 12.3. The second-order valence-electron chi connectivity index (χ2n) is 5.52. The molecular weight excluding hydrogens is 352 g/mol. The first-order valence-corrected chi connectivity index (χ1v) is 8.59. The summed E-state index contributed by atoms with van der Waals surface area (Å²) in [4.78, 5) is 24.4. The molecule has 0 bridgehead atoms. The maximum Gasteiger partial charge on any atom is 0.253 e. The van der Waals surface area contributed by atoms with E-state index in [-0.39, 0.29) is 11.8 Å². The molecule has 5 nitrogen and oxygen atoms in total. The average molecular weight is 373 g/mol. The Hall–Kier alpha value is -2.63. The molecule has 0 aliphatic rings. The Morgan fingerprint density at radius 1 is 1.12 bits per heavy atom. The van der Waals surface area contributed by atoms with Crippen molar-refractivity contribution in [2.24, 2.45) is 0 Å². The summed E-state index contributed by atoms with van der Waals surface area (Å²) in [6.45, 7) is 1.08. The van der Waals surface area contributed by atoms with Gasteiger partial charge in [-0.1, -0.05) is 35.9 Å². The molecule has 6 heteroatoms. The molecule has 2 aromatic rings. The van der Waals surface area contributed by atoms with Crippen molar-refractivity contribution >= 4 is 35.2 Å². The van der Waals surface area contributed by atoms with Gasteiger partial charge in [0.25, 0.3) is 5.91 Å². The molecule has 0 radical (unpaired) electrons. The lowest BCUT2D eigenvalue weighted by atomic mass is 10.1. The average Bonchev–Trinajstić information content (AvgIpc) is 2.65. The third-order valence-electron chi connectivity index (χ3n) is 3.54. The van der Waals surface area contributed by atoms with Crippen LogP contribution < -0.4 is 10.6 Å². The van der Waals surface area contributed by atoms with Crippen LogP contribution in [0, 0.1) is 0 Å². The second kappa shape index (κ2) is 10.4. The number of carbonyl (C=O) groups excluding carboxylic acids is 2. The quantitative estimate of drug-likeness (QED) is 0.547. The van der Waals surface area contributed by atoms with Crippen LogP contribution in [-0.2, 0) is 9.53 Å². The van der Waals surface area contributed by atoms with Crippen molar-refractivity contribution in [2.75, 3.05) is 25.6 Å². The highest BCUT2D eigenvalue weighted by Crippen LogP contribution is 2.15. The van der Waals surface area contributed by atoms with Gasteiger partial charge in [0, 0.05) is 31.4 Å². The van der Waals surface area contributed by atoms with Gasteiger partial charge in [-0.25, -0.2) is 0 Å². The number of hydrogen-bond donors (Lipinski definition) is 2. The largest absolute Gasteiger partial charge is 0.385 e. The van der Waals surface area contributed by atoms with Gasteiger partial charge in [0.2, 0.25) is 5.91 Å². The van der Waals surface area contributed by atoms with Crippen molar-refractivity contribution in [1.29, 1.82) is 0 Å². The lowest BCUT2D eigenvalue weighted by Crippen LogP contribution is -2.26. The first kappa shape index (κ1) is 19.7. The van der Waals surface area contributed by atoms with Crippen LogP contribution in [0.2, 0.25) is 5.02 Å². The van der Waals surface area contributed by atoms with Crippen molar-refractivity contribution in [2.45, 2.75) is 6.42 Å². The molecule has 0 fully saturated rings. The van der Waals surface area contributed by atoms with Crippen LogP contribution in [-0.4, -0.2) is 32.1 Å². The van der Waals surface area contributed by atoms with E-state index in [9.17, 15) is 9.59 Å². The normalized spacial score (nSPS) is 10.7. The fourth-order valence-electron chi connectivity index (χ4n) is 2.22. The van der Waals surface area contributed by atoms with E-state index in [1.54, 1.807) is 49.6 Å². The van der Waals surface area contributed by atoms with Crippen molar-refractivity contribution in [1.82, 2.24) is 5.32 Å². The Balaban J connectivity index is 1.99. The van der Waals surface area contributed by atoms with Crippen LogP contribution >= 0.6 is 11.6 Å². The molecule has 0 spiro atoms. The number of halogens is 1. The van der Waals surface area contributed by atoms with E-state index < -0.39 is 0 Å². The summed E-state index contributed by atoms with van der Waals surface area (Å²) in [6.07, 6.45) is 3.82. The molecule has 0 aromatic heterocycles. The number of amides is 2. The molecule has 0 aliphatic carbocycles. The minimum absolute atomic E-state index is 0.237. The first-order chi connectivity index (χ1) is 12.6. The van der Waals surface area contributed by atoms with Crippen molar-refractivity contribution in [3.8, 4) is 0 Å². The van der Waals surface area contributed by atoms with Gasteiger partial charge in [-0.2, -0.15) is 0 Å². The standard InChI is InChI=1S/C20H21ClN2O3/c1-26-14-4-13-22-20(25)17-5-2-3-6-18(17)23-19(24)12-9-15-7-10-16(21)11-8-15/h2-3,5-12H,4,13-14H2,1H3,(H,22,25)(H,23,24)/b12-9+. The summed E-state index contributed by atoms with van der Waals surface area (Å²) >= 11 is 5.83. The van der Waals surface area contributed by atoms with Crippen LogP contribution in [0.4, 0.5) is 5.69 Å². The number of para-hydroxylation sites is 1. The van der Waals surface area contributed by atoms with E-state index in [0.29, 0.717) is 29.4 Å². The second-order valence-corrected chi connectivity index (χ2v) is 5.96. The van der Waals surface area contributed by atoms with E-state index in [1.807, 2.05) is 12.1 Å². The summed E-state index contributed by atoms with van der Waals surface area (Å²) in [7, 11) is 1.62. The number of methoxy groups -OCH3 is 1. The fraction of sp³-hybridized carbons (Fsp3) is 0.200. The minimum atomic E-state index is -0.320. The first-order valence-electron chi connectivity index (χ1n) is 8.21. The number of anilines is 1. The molecule has 0 saturated heterocycles. The van der Waals surface area contributed by atoms with Gasteiger partial charge in [0.15, 0.2) is 0 Å². The predicted octanol–water partition coefficient (Wildman–Crippen LogP) is 3.76. The van der Waals surface area contributed by atoms with E-state index in [0.717, 1.165) is 12.0 Å². The third-order valence-corrected chi connectivity index (χ3v) is 3.79. The Bertz CT molecular complexity index is 773. The number of nitrogens with one attached hydrogen (secondary N) is 2. The van der Waals surface area contributed by atoms with Crippen LogP contribution in [0.3, 0.4) is 0 Å². The molecule has 2 aromatic carbocycles. The molecule has 0 unspecified atom stereocenters. The van der Waals surface area contributed by atoms with Gasteiger partial charge in [0.1, 0.15) is 0 Å². The Labute approximate surface area is 158 Å². The van der Waals surface area contributed by atoms with Crippen LogP contribution in [0.1, 0.15) is 22.3 Å². The van der Waals surface area contributed by atoms with Gasteiger partial charge >= 0.3 is 0 Å². The zero-order chi connectivity index (χ0) is 18.8. The van der Waals surface area contributed by atoms with Crippen molar-refractivity contribution in [3.05, 3.63) is 70.8 Å². The SMILES string of the molecule is COCCCNC(=O)c1ccccc1NC(=O)/C=C/c1ccc(Cl)cc1. The van der Waals surface area contributed by atoms with Gasteiger partial charge in [-0.05, 0) is 42.3 Å².